The molecule has 4 aromatic heterocycles. The Labute approximate surface area is 201 Å². The van der Waals surface area contributed by atoms with Gasteiger partial charge in [-0.25, -0.2) is 19.5 Å². The molecule has 0 aliphatic heterocycles. The van der Waals surface area contributed by atoms with Crippen LogP contribution >= 0.6 is 0 Å². The van der Waals surface area contributed by atoms with E-state index in [1.807, 2.05) is 59.6 Å². The molecule has 0 atom stereocenters. The Kier molecular flexibility index (Phi) is 4.88. The summed E-state index contributed by atoms with van der Waals surface area (Å²) in [5.74, 6) is 2.17. The molecule has 8 nitrogen and oxygen atoms in total. The van der Waals surface area contributed by atoms with E-state index in [0.29, 0.717) is 12.3 Å². The Balaban J connectivity index is 1.37. The largest absolute Gasteiger partial charge is 0.495 e. The van der Waals surface area contributed by atoms with Gasteiger partial charge in [0, 0.05) is 31.3 Å². The smallest absolute Gasteiger partial charge is 0.192 e. The summed E-state index contributed by atoms with van der Waals surface area (Å²) in [6.07, 6.45) is 6.35. The normalized spacial score (nSPS) is 11.5. The first-order valence-corrected chi connectivity index (χ1v) is 11.4. The lowest BCUT2D eigenvalue weighted by molar-refractivity contribution is 0.412. The van der Waals surface area contributed by atoms with Crippen LogP contribution in [0.4, 0.5) is 0 Å². The summed E-state index contributed by atoms with van der Waals surface area (Å²) in [4.78, 5) is 13.6. The first-order chi connectivity index (χ1) is 17.0. The lowest BCUT2D eigenvalue weighted by Gasteiger charge is -2.10. The van der Waals surface area contributed by atoms with Crippen molar-refractivity contribution in [3.8, 4) is 22.6 Å². The van der Waals surface area contributed by atoms with Gasteiger partial charge in [-0.05, 0) is 60.9 Å². The second-order valence-corrected chi connectivity index (χ2v) is 8.75. The Morgan fingerprint density at radius 1 is 0.971 bits per heavy atom. The maximum atomic E-state index is 5.75. The molecular formula is C27H24N6O2. The third-order valence-electron chi connectivity index (χ3n) is 6.02. The minimum Gasteiger partial charge on any atom is -0.495 e. The van der Waals surface area contributed by atoms with Gasteiger partial charge in [-0.3, -0.25) is 0 Å². The molecule has 35 heavy (non-hydrogen) atoms. The first kappa shape index (κ1) is 21.1. The molecule has 174 valence electrons. The van der Waals surface area contributed by atoms with Crippen molar-refractivity contribution < 1.29 is 9.15 Å². The summed E-state index contributed by atoms with van der Waals surface area (Å²) in [7, 11) is 1.68. The van der Waals surface area contributed by atoms with E-state index < -0.39 is 0 Å². The standard InChI is InChI=1S/C27H24N6O2/c1-16-9-21(20-6-7-22-24(12-20)35-18(3)29-22)27-30-26(31-33(27)13-16)11-19-5-8-23(25(10-19)34-4)32-14-17(2)28-15-32/h5-10,12-15H,11H2,1-4H3. The van der Waals surface area contributed by atoms with Crippen molar-refractivity contribution in [2.24, 2.45) is 0 Å². The molecule has 2 aromatic carbocycles. The Morgan fingerprint density at radius 3 is 2.66 bits per heavy atom. The highest BCUT2D eigenvalue weighted by Crippen LogP contribution is 2.29. The summed E-state index contributed by atoms with van der Waals surface area (Å²) < 4.78 is 15.2. The minimum absolute atomic E-state index is 0.583. The van der Waals surface area contributed by atoms with E-state index in [1.54, 1.807) is 13.4 Å². The van der Waals surface area contributed by atoms with E-state index >= 15 is 0 Å². The molecule has 4 heterocycles. The number of imidazole rings is 1. The van der Waals surface area contributed by atoms with Crippen LogP contribution in [0.1, 0.15) is 28.5 Å². The van der Waals surface area contributed by atoms with Gasteiger partial charge < -0.3 is 13.7 Å². The number of aromatic nitrogens is 6. The highest BCUT2D eigenvalue weighted by molar-refractivity contribution is 5.85. The Bertz CT molecular complexity index is 1710. The summed E-state index contributed by atoms with van der Waals surface area (Å²) >= 11 is 0. The summed E-state index contributed by atoms with van der Waals surface area (Å²) in [6.45, 7) is 5.88. The topological polar surface area (TPSA) is 83.3 Å². The minimum atomic E-state index is 0.583. The predicted octanol–water partition coefficient (Wildman–Crippen LogP) is 5.25. The van der Waals surface area contributed by atoms with Crippen LogP contribution in [0, 0.1) is 20.8 Å². The van der Waals surface area contributed by atoms with E-state index in [2.05, 4.69) is 35.1 Å². The second-order valence-electron chi connectivity index (χ2n) is 8.75. The fourth-order valence-corrected chi connectivity index (χ4v) is 4.44. The van der Waals surface area contributed by atoms with E-state index in [-0.39, 0.29) is 0 Å². The molecule has 0 unspecified atom stereocenters. The van der Waals surface area contributed by atoms with Crippen LogP contribution in [0.25, 0.3) is 33.6 Å². The SMILES string of the molecule is COc1cc(Cc2nc3c(-c4ccc5nc(C)oc5c4)cc(C)cn3n2)ccc1-n1cnc(C)c1. The number of rotatable bonds is 5. The number of oxazole rings is 1. The molecule has 0 saturated carbocycles. The number of hydrogen-bond acceptors (Lipinski definition) is 6. The predicted molar refractivity (Wildman–Crippen MR) is 133 cm³/mol. The van der Waals surface area contributed by atoms with Crippen molar-refractivity contribution in [2.75, 3.05) is 7.11 Å². The van der Waals surface area contributed by atoms with Crippen LogP contribution in [0.5, 0.6) is 5.75 Å². The van der Waals surface area contributed by atoms with Gasteiger partial charge in [-0.15, -0.1) is 0 Å². The molecule has 6 rings (SSSR count). The zero-order valence-corrected chi connectivity index (χ0v) is 20.0. The zero-order chi connectivity index (χ0) is 24.1. The molecule has 0 amide bonds. The van der Waals surface area contributed by atoms with Gasteiger partial charge >= 0.3 is 0 Å². The molecule has 6 aromatic rings. The summed E-state index contributed by atoms with van der Waals surface area (Å²) in [5, 5.41) is 4.77. The van der Waals surface area contributed by atoms with Crippen molar-refractivity contribution in [2.45, 2.75) is 27.2 Å². The Morgan fingerprint density at radius 2 is 1.86 bits per heavy atom. The number of pyridine rings is 1. The van der Waals surface area contributed by atoms with Gasteiger partial charge in [0.1, 0.15) is 11.3 Å². The van der Waals surface area contributed by atoms with Gasteiger partial charge in [0.2, 0.25) is 0 Å². The maximum absolute atomic E-state index is 5.75. The number of ether oxygens (including phenoxy) is 1. The van der Waals surface area contributed by atoms with E-state index in [0.717, 1.165) is 62.0 Å². The van der Waals surface area contributed by atoms with Crippen molar-refractivity contribution >= 4 is 16.7 Å². The van der Waals surface area contributed by atoms with Crippen LogP contribution in [0.15, 0.2) is 65.6 Å². The van der Waals surface area contributed by atoms with E-state index in [4.69, 9.17) is 19.2 Å². The number of methoxy groups -OCH3 is 1. The molecule has 0 aliphatic carbocycles. The van der Waals surface area contributed by atoms with Gasteiger partial charge in [-0.1, -0.05) is 12.1 Å². The molecule has 0 aliphatic rings. The highest BCUT2D eigenvalue weighted by Gasteiger charge is 2.15. The molecular weight excluding hydrogens is 440 g/mol. The van der Waals surface area contributed by atoms with E-state index in [1.165, 1.54) is 0 Å². The maximum Gasteiger partial charge on any atom is 0.192 e. The number of nitrogens with zero attached hydrogens (tertiary/aromatic N) is 6. The van der Waals surface area contributed by atoms with Gasteiger partial charge in [0.15, 0.2) is 22.9 Å². The number of fused-ring (bicyclic) bond motifs is 2. The van der Waals surface area contributed by atoms with Crippen molar-refractivity contribution in [3.05, 3.63) is 89.7 Å². The van der Waals surface area contributed by atoms with Crippen LogP contribution in [0.2, 0.25) is 0 Å². The quantitative estimate of drug-likeness (QED) is 0.347. The zero-order valence-electron chi connectivity index (χ0n) is 20.0. The third kappa shape index (κ3) is 3.82. The average molecular weight is 465 g/mol. The van der Waals surface area contributed by atoms with Gasteiger partial charge in [-0.2, -0.15) is 5.10 Å². The fourth-order valence-electron chi connectivity index (χ4n) is 4.44. The molecule has 0 spiro atoms. The number of hydrogen-bond donors (Lipinski definition) is 0. The highest BCUT2D eigenvalue weighted by atomic mass is 16.5. The second kappa shape index (κ2) is 8.09. The van der Waals surface area contributed by atoms with Crippen LogP contribution in [-0.4, -0.2) is 36.2 Å². The monoisotopic (exact) mass is 464 g/mol. The summed E-state index contributed by atoms with van der Waals surface area (Å²) in [6, 6.07) is 14.3. The van der Waals surface area contributed by atoms with Crippen molar-refractivity contribution in [1.82, 2.24) is 29.1 Å². The van der Waals surface area contributed by atoms with Crippen molar-refractivity contribution in [3.63, 3.8) is 0 Å². The number of aryl methyl sites for hydroxylation is 3. The van der Waals surface area contributed by atoms with Gasteiger partial charge in [0.25, 0.3) is 0 Å². The first-order valence-electron chi connectivity index (χ1n) is 11.4. The van der Waals surface area contributed by atoms with Crippen LogP contribution in [-0.2, 0) is 6.42 Å². The van der Waals surface area contributed by atoms with E-state index in [9.17, 15) is 0 Å². The molecule has 0 radical (unpaired) electrons. The third-order valence-corrected chi connectivity index (χ3v) is 6.02. The van der Waals surface area contributed by atoms with Crippen LogP contribution in [0.3, 0.4) is 0 Å². The van der Waals surface area contributed by atoms with Crippen molar-refractivity contribution in [1.29, 1.82) is 0 Å². The fraction of sp³-hybridized carbons (Fsp3) is 0.185. The Hall–Kier alpha value is -4.46. The van der Waals surface area contributed by atoms with Gasteiger partial charge in [0.05, 0.1) is 24.8 Å². The molecule has 0 bridgehead atoms. The molecule has 0 fully saturated rings. The average Bonchev–Trinajstić information content (AvgIpc) is 3.54. The lowest BCUT2D eigenvalue weighted by Crippen LogP contribution is -1.98. The van der Waals surface area contributed by atoms with Crippen LogP contribution < -0.4 is 4.74 Å². The summed E-state index contributed by atoms with van der Waals surface area (Å²) in [5.41, 5.74) is 8.49. The molecule has 0 saturated heterocycles. The number of benzene rings is 2. The molecule has 0 N–H and O–H groups in total. The molecule has 8 heteroatoms. The lowest BCUT2D eigenvalue weighted by atomic mass is 10.1.